The third-order valence-corrected chi connectivity index (χ3v) is 2.37. The quantitative estimate of drug-likeness (QED) is 0.588. The minimum Gasteiger partial charge on any atom is -0.354 e. The summed E-state index contributed by atoms with van der Waals surface area (Å²) in [6.45, 7) is 5.67. The summed E-state index contributed by atoms with van der Waals surface area (Å²) in [5.74, 6) is 0. The Morgan fingerprint density at radius 3 is 2.69 bits per heavy atom. The molecule has 0 aromatic carbocycles. The highest BCUT2D eigenvalue weighted by molar-refractivity contribution is 5.10. The summed E-state index contributed by atoms with van der Waals surface area (Å²) in [5.41, 5.74) is 1.49. The molecule has 0 aliphatic heterocycles. The monoisotopic (exact) mass is 179 g/mol. The molecular weight excluding hydrogens is 158 g/mol. The van der Waals surface area contributed by atoms with E-state index < -0.39 is 0 Å². The number of unbranched alkanes of at least 4 members (excludes halogenated alkanes) is 2. The highest BCUT2D eigenvalue weighted by Crippen LogP contribution is 2.06. The molecule has 1 heteroatoms. The molecule has 0 aliphatic rings. The van der Waals surface area contributed by atoms with Gasteiger partial charge in [0.2, 0.25) is 0 Å². The zero-order chi connectivity index (χ0) is 9.52. The van der Waals surface area contributed by atoms with Gasteiger partial charge in [-0.1, -0.05) is 33.1 Å². The van der Waals surface area contributed by atoms with Gasteiger partial charge in [-0.25, -0.2) is 0 Å². The summed E-state index contributed by atoms with van der Waals surface area (Å²) in [6.07, 6.45) is 10.9. The fraction of sp³-hybridized carbons (Fsp3) is 0.667. The van der Waals surface area contributed by atoms with Gasteiger partial charge in [-0.05, 0) is 24.5 Å². The Kier molecular flexibility index (Phi) is 4.66. The third kappa shape index (κ3) is 3.67. The lowest BCUT2D eigenvalue weighted by Crippen LogP contribution is -1.93. The number of hydrogen-bond acceptors (Lipinski definition) is 0. The molecule has 1 heterocycles. The van der Waals surface area contributed by atoms with Crippen molar-refractivity contribution in [2.45, 2.75) is 52.5 Å². The van der Waals surface area contributed by atoms with Gasteiger partial charge in [0, 0.05) is 18.9 Å². The number of hydrogen-bond donors (Lipinski definition) is 0. The molecule has 0 bridgehead atoms. The zero-order valence-electron chi connectivity index (χ0n) is 8.92. The van der Waals surface area contributed by atoms with Crippen LogP contribution in [0.5, 0.6) is 0 Å². The van der Waals surface area contributed by atoms with E-state index in [-0.39, 0.29) is 0 Å². The third-order valence-electron chi connectivity index (χ3n) is 2.37. The summed E-state index contributed by atoms with van der Waals surface area (Å²) in [7, 11) is 0. The Balaban J connectivity index is 2.31. The number of aryl methyl sites for hydroxylation is 2. The van der Waals surface area contributed by atoms with E-state index in [2.05, 4.69) is 36.9 Å². The van der Waals surface area contributed by atoms with Gasteiger partial charge in [0.1, 0.15) is 0 Å². The molecule has 74 valence electrons. The summed E-state index contributed by atoms with van der Waals surface area (Å²) >= 11 is 0. The van der Waals surface area contributed by atoms with Crippen molar-refractivity contribution in [1.29, 1.82) is 0 Å². The topological polar surface area (TPSA) is 4.93 Å². The van der Waals surface area contributed by atoms with E-state index in [4.69, 9.17) is 0 Å². The normalized spacial score (nSPS) is 10.6. The van der Waals surface area contributed by atoms with Crippen LogP contribution in [0.25, 0.3) is 0 Å². The molecule has 0 aliphatic carbocycles. The average Bonchev–Trinajstić information content (AvgIpc) is 2.54. The molecule has 0 fully saturated rings. The Hall–Kier alpha value is -0.720. The van der Waals surface area contributed by atoms with Crippen LogP contribution in [0.1, 0.15) is 45.1 Å². The van der Waals surface area contributed by atoms with Crippen LogP contribution in [0.4, 0.5) is 0 Å². The van der Waals surface area contributed by atoms with Crippen molar-refractivity contribution in [3.8, 4) is 0 Å². The summed E-state index contributed by atoms with van der Waals surface area (Å²) in [5, 5.41) is 0. The van der Waals surface area contributed by atoms with E-state index in [1.54, 1.807) is 0 Å². The average molecular weight is 179 g/mol. The molecule has 1 aromatic heterocycles. The second kappa shape index (κ2) is 5.85. The maximum atomic E-state index is 2.32. The Bertz CT molecular complexity index is 225. The van der Waals surface area contributed by atoms with Crippen molar-refractivity contribution in [2.24, 2.45) is 0 Å². The van der Waals surface area contributed by atoms with Crippen molar-refractivity contribution in [1.82, 2.24) is 4.57 Å². The highest BCUT2D eigenvalue weighted by atomic mass is 14.9. The van der Waals surface area contributed by atoms with E-state index in [1.165, 1.54) is 44.2 Å². The molecule has 1 aromatic rings. The van der Waals surface area contributed by atoms with Gasteiger partial charge in [-0.15, -0.1) is 0 Å². The molecular formula is C12H21N. The van der Waals surface area contributed by atoms with Crippen LogP contribution in [-0.2, 0) is 13.0 Å². The largest absolute Gasteiger partial charge is 0.354 e. The molecule has 1 rings (SSSR count). The first-order valence-corrected chi connectivity index (χ1v) is 5.51. The molecule has 0 saturated carbocycles. The van der Waals surface area contributed by atoms with Crippen molar-refractivity contribution >= 4 is 0 Å². The molecule has 0 spiro atoms. The molecule has 0 N–H and O–H groups in total. The SMILES string of the molecule is CCCCCn1ccc(CCC)c1. The smallest absolute Gasteiger partial charge is 0.0219 e. The van der Waals surface area contributed by atoms with Crippen LogP contribution < -0.4 is 0 Å². The standard InChI is InChI=1S/C12H21N/c1-3-5-6-9-13-10-8-12(11-13)7-4-2/h8,10-11H,3-7,9H2,1-2H3. The number of aromatic nitrogens is 1. The molecule has 1 nitrogen and oxygen atoms in total. The molecule has 0 radical (unpaired) electrons. The van der Waals surface area contributed by atoms with Crippen molar-refractivity contribution in [3.63, 3.8) is 0 Å². The minimum atomic E-state index is 1.19. The van der Waals surface area contributed by atoms with E-state index >= 15 is 0 Å². The first-order valence-electron chi connectivity index (χ1n) is 5.51. The van der Waals surface area contributed by atoms with Crippen LogP contribution in [-0.4, -0.2) is 4.57 Å². The Labute approximate surface area is 81.8 Å². The number of nitrogens with zero attached hydrogens (tertiary/aromatic N) is 1. The summed E-state index contributed by atoms with van der Waals surface area (Å²) in [6, 6.07) is 2.25. The lowest BCUT2D eigenvalue weighted by atomic mass is 10.2. The van der Waals surface area contributed by atoms with Crippen LogP contribution in [0.3, 0.4) is 0 Å². The van der Waals surface area contributed by atoms with E-state index in [1.807, 2.05) is 0 Å². The summed E-state index contributed by atoms with van der Waals surface area (Å²) in [4.78, 5) is 0. The fourth-order valence-electron chi connectivity index (χ4n) is 1.61. The fourth-order valence-corrected chi connectivity index (χ4v) is 1.61. The van der Waals surface area contributed by atoms with E-state index in [0.29, 0.717) is 0 Å². The Morgan fingerprint density at radius 2 is 2.00 bits per heavy atom. The predicted molar refractivity (Wildman–Crippen MR) is 58.0 cm³/mol. The molecule has 0 unspecified atom stereocenters. The van der Waals surface area contributed by atoms with E-state index in [9.17, 15) is 0 Å². The van der Waals surface area contributed by atoms with Crippen LogP contribution in [0, 0.1) is 0 Å². The second-order valence-electron chi connectivity index (χ2n) is 3.71. The zero-order valence-corrected chi connectivity index (χ0v) is 8.92. The van der Waals surface area contributed by atoms with Gasteiger partial charge in [-0.2, -0.15) is 0 Å². The van der Waals surface area contributed by atoms with Gasteiger partial charge >= 0.3 is 0 Å². The van der Waals surface area contributed by atoms with Gasteiger partial charge in [0.05, 0.1) is 0 Å². The molecule has 0 atom stereocenters. The first kappa shape index (κ1) is 10.4. The first-order chi connectivity index (χ1) is 6.36. The number of rotatable bonds is 6. The minimum absolute atomic E-state index is 1.19. The van der Waals surface area contributed by atoms with Crippen LogP contribution >= 0.6 is 0 Å². The maximum Gasteiger partial charge on any atom is 0.0219 e. The highest BCUT2D eigenvalue weighted by Gasteiger charge is 1.94. The van der Waals surface area contributed by atoms with Gasteiger partial charge in [0.15, 0.2) is 0 Å². The lowest BCUT2D eigenvalue weighted by Gasteiger charge is -2.00. The van der Waals surface area contributed by atoms with Crippen LogP contribution in [0.15, 0.2) is 18.5 Å². The van der Waals surface area contributed by atoms with Gasteiger partial charge in [-0.3, -0.25) is 0 Å². The maximum absolute atomic E-state index is 2.32. The Morgan fingerprint density at radius 1 is 1.15 bits per heavy atom. The molecule has 0 amide bonds. The van der Waals surface area contributed by atoms with Crippen molar-refractivity contribution in [2.75, 3.05) is 0 Å². The van der Waals surface area contributed by atoms with Crippen LogP contribution in [0.2, 0.25) is 0 Å². The van der Waals surface area contributed by atoms with Gasteiger partial charge < -0.3 is 4.57 Å². The van der Waals surface area contributed by atoms with Crippen molar-refractivity contribution < 1.29 is 0 Å². The summed E-state index contributed by atoms with van der Waals surface area (Å²) < 4.78 is 2.32. The predicted octanol–water partition coefficient (Wildman–Crippen LogP) is 3.63. The second-order valence-corrected chi connectivity index (χ2v) is 3.71. The van der Waals surface area contributed by atoms with E-state index in [0.717, 1.165) is 0 Å². The molecule has 0 saturated heterocycles. The lowest BCUT2D eigenvalue weighted by molar-refractivity contribution is 0.603. The van der Waals surface area contributed by atoms with Crippen molar-refractivity contribution in [3.05, 3.63) is 24.0 Å². The molecule has 13 heavy (non-hydrogen) atoms. The van der Waals surface area contributed by atoms with Gasteiger partial charge in [0.25, 0.3) is 0 Å².